The van der Waals surface area contributed by atoms with E-state index in [1.54, 1.807) is 0 Å². The summed E-state index contributed by atoms with van der Waals surface area (Å²) < 4.78 is 0.655. The van der Waals surface area contributed by atoms with E-state index in [2.05, 4.69) is 23.3 Å². The van der Waals surface area contributed by atoms with Crippen molar-refractivity contribution < 1.29 is 0 Å². The molecule has 0 aromatic carbocycles. The van der Waals surface area contributed by atoms with Crippen molar-refractivity contribution in [3.05, 3.63) is 0 Å². The van der Waals surface area contributed by atoms with Crippen LogP contribution >= 0.6 is 11.8 Å². The van der Waals surface area contributed by atoms with E-state index in [-0.39, 0.29) is 0 Å². The maximum absolute atomic E-state index is 3.88. The molecule has 0 aromatic rings. The predicted molar refractivity (Wildman–Crippen MR) is 62.7 cm³/mol. The molecule has 14 heavy (non-hydrogen) atoms. The van der Waals surface area contributed by atoms with E-state index in [1.807, 2.05) is 0 Å². The van der Waals surface area contributed by atoms with Gasteiger partial charge in [0.1, 0.15) is 0 Å². The number of nitrogens with one attached hydrogen (secondary N) is 1. The Labute approximate surface area is 91.4 Å². The third kappa shape index (κ3) is 1.96. The summed E-state index contributed by atoms with van der Waals surface area (Å²) in [7, 11) is 0. The highest BCUT2D eigenvalue weighted by molar-refractivity contribution is 8.00. The summed E-state index contributed by atoms with van der Waals surface area (Å²) in [6.07, 6.45) is 11.2. The van der Waals surface area contributed by atoms with Crippen molar-refractivity contribution in [2.24, 2.45) is 11.8 Å². The molecule has 0 radical (unpaired) electrons. The Balaban J connectivity index is 1.49. The molecule has 0 amide bonds. The largest absolute Gasteiger partial charge is 0.312 e. The topological polar surface area (TPSA) is 12.0 Å². The molecule has 0 atom stereocenters. The highest BCUT2D eigenvalue weighted by Gasteiger charge is 2.45. The van der Waals surface area contributed by atoms with E-state index in [0.717, 1.165) is 17.9 Å². The Hall–Kier alpha value is 0.310. The first kappa shape index (κ1) is 9.53. The van der Waals surface area contributed by atoms with Gasteiger partial charge in [-0.15, -0.1) is 0 Å². The van der Waals surface area contributed by atoms with Crippen LogP contribution in [0.3, 0.4) is 0 Å². The number of hydrogen-bond acceptors (Lipinski definition) is 2. The van der Waals surface area contributed by atoms with Gasteiger partial charge in [-0.2, -0.15) is 11.8 Å². The molecule has 2 heteroatoms. The minimum atomic E-state index is 0.655. The van der Waals surface area contributed by atoms with E-state index >= 15 is 0 Å². The molecule has 3 aliphatic rings. The van der Waals surface area contributed by atoms with Crippen LogP contribution in [0.5, 0.6) is 0 Å². The third-order valence-corrected chi connectivity index (χ3v) is 5.58. The van der Waals surface area contributed by atoms with Crippen molar-refractivity contribution in [3.8, 4) is 0 Å². The highest BCUT2D eigenvalue weighted by atomic mass is 32.2. The minimum Gasteiger partial charge on any atom is -0.312 e. The van der Waals surface area contributed by atoms with E-state index < -0.39 is 0 Å². The Kier molecular flexibility index (Phi) is 2.32. The lowest BCUT2D eigenvalue weighted by atomic mass is 10.1. The van der Waals surface area contributed by atoms with Crippen LogP contribution in [0.1, 0.15) is 38.5 Å². The molecule has 0 bridgehead atoms. The van der Waals surface area contributed by atoms with Gasteiger partial charge in [-0.3, -0.25) is 0 Å². The average Bonchev–Trinajstić information content (AvgIpc) is 3.03. The van der Waals surface area contributed by atoms with Crippen LogP contribution < -0.4 is 5.32 Å². The Morgan fingerprint density at radius 3 is 2.14 bits per heavy atom. The minimum absolute atomic E-state index is 0.655. The Bertz CT molecular complexity index is 204. The van der Waals surface area contributed by atoms with Gasteiger partial charge < -0.3 is 5.32 Å². The number of rotatable bonds is 6. The molecule has 3 rings (SSSR count). The van der Waals surface area contributed by atoms with E-state index in [4.69, 9.17) is 0 Å². The molecule has 3 aliphatic carbocycles. The fourth-order valence-electron chi connectivity index (χ4n) is 2.53. The lowest BCUT2D eigenvalue weighted by Crippen LogP contribution is -2.38. The summed E-state index contributed by atoms with van der Waals surface area (Å²) in [6, 6.07) is 0.902. The van der Waals surface area contributed by atoms with Gasteiger partial charge in [0.25, 0.3) is 0 Å². The fraction of sp³-hybridized carbons (Fsp3) is 1.00. The fourth-order valence-corrected chi connectivity index (χ4v) is 3.26. The zero-order chi connectivity index (χ0) is 9.60. The van der Waals surface area contributed by atoms with Crippen molar-refractivity contribution in [2.45, 2.75) is 49.3 Å². The quantitative estimate of drug-likeness (QED) is 0.725. The van der Waals surface area contributed by atoms with Crippen molar-refractivity contribution in [1.82, 2.24) is 5.32 Å². The summed E-state index contributed by atoms with van der Waals surface area (Å²) >= 11 is 2.08. The van der Waals surface area contributed by atoms with Crippen molar-refractivity contribution >= 4 is 11.8 Å². The third-order valence-electron chi connectivity index (χ3n) is 4.16. The summed E-state index contributed by atoms with van der Waals surface area (Å²) in [5.41, 5.74) is 0. The molecular formula is C12H21NS. The first-order valence-electron chi connectivity index (χ1n) is 6.11. The molecule has 1 nitrogen and oxygen atoms in total. The summed E-state index contributed by atoms with van der Waals surface area (Å²) in [5, 5.41) is 3.88. The molecule has 0 saturated heterocycles. The smallest absolute Gasteiger partial charge is 0.0282 e. The van der Waals surface area contributed by atoms with Crippen LogP contribution in [-0.4, -0.2) is 23.6 Å². The summed E-state index contributed by atoms with van der Waals surface area (Å²) in [6.45, 7) is 1.28. The van der Waals surface area contributed by atoms with Crippen LogP contribution in [0, 0.1) is 11.8 Å². The zero-order valence-corrected chi connectivity index (χ0v) is 9.91. The second-order valence-corrected chi connectivity index (χ2v) is 6.74. The SMILES string of the molecule is CSC1(CNC(C2CC2)C2CC2)CC1. The van der Waals surface area contributed by atoms with Gasteiger partial charge in [-0.05, 0) is 56.6 Å². The molecule has 0 unspecified atom stereocenters. The lowest BCUT2D eigenvalue weighted by molar-refractivity contribution is 0.415. The van der Waals surface area contributed by atoms with Gasteiger partial charge in [0.2, 0.25) is 0 Å². The number of thioether (sulfide) groups is 1. The van der Waals surface area contributed by atoms with Crippen LogP contribution in [0.4, 0.5) is 0 Å². The lowest BCUT2D eigenvalue weighted by Gasteiger charge is -2.21. The molecule has 0 aromatic heterocycles. The van der Waals surface area contributed by atoms with Gasteiger partial charge in [0.05, 0.1) is 0 Å². The second-order valence-electron chi connectivity index (χ2n) is 5.47. The van der Waals surface area contributed by atoms with Crippen molar-refractivity contribution in [3.63, 3.8) is 0 Å². The summed E-state index contributed by atoms with van der Waals surface area (Å²) in [5.74, 6) is 2.11. The Morgan fingerprint density at radius 2 is 1.79 bits per heavy atom. The maximum atomic E-state index is 3.88. The van der Waals surface area contributed by atoms with Gasteiger partial charge >= 0.3 is 0 Å². The van der Waals surface area contributed by atoms with Crippen LogP contribution in [0.2, 0.25) is 0 Å². The average molecular weight is 211 g/mol. The first-order chi connectivity index (χ1) is 6.83. The number of hydrogen-bond donors (Lipinski definition) is 1. The van der Waals surface area contributed by atoms with E-state index in [9.17, 15) is 0 Å². The van der Waals surface area contributed by atoms with Gasteiger partial charge in [0, 0.05) is 17.3 Å². The van der Waals surface area contributed by atoms with Crippen molar-refractivity contribution in [1.29, 1.82) is 0 Å². The zero-order valence-electron chi connectivity index (χ0n) is 9.09. The van der Waals surface area contributed by atoms with Crippen molar-refractivity contribution in [2.75, 3.05) is 12.8 Å². The molecule has 3 saturated carbocycles. The van der Waals surface area contributed by atoms with Gasteiger partial charge in [-0.1, -0.05) is 0 Å². The van der Waals surface area contributed by atoms with Gasteiger partial charge in [-0.25, -0.2) is 0 Å². The Morgan fingerprint density at radius 1 is 1.21 bits per heavy atom. The molecule has 1 N–H and O–H groups in total. The second kappa shape index (κ2) is 3.41. The summed E-state index contributed by atoms with van der Waals surface area (Å²) in [4.78, 5) is 0. The standard InChI is InChI=1S/C12H21NS/c1-14-12(6-7-12)8-13-11(9-2-3-9)10-4-5-10/h9-11,13H,2-8H2,1H3. The molecule has 80 valence electrons. The predicted octanol–water partition coefficient (Wildman–Crippen LogP) is 2.66. The highest BCUT2D eigenvalue weighted by Crippen LogP contribution is 2.48. The van der Waals surface area contributed by atoms with Gasteiger partial charge in [0.15, 0.2) is 0 Å². The normalized spacial score (nSPS) is 29.6. The first-order valence-corrected chi connectivity index (χ1v) is 7.34. The molecule has 0 heterocycles. The van der Waals surface area contributed by atoms with Crippen LogP contribution in [0.15, 0.2) is 0 Å². The van der Waals surface area contributed by atoms with E-state index in [0.29, 0.717) is 4.75 Å². The molecular weight excluding hydrogens is 190 g/mol. The molecule has 0 aliphatic heterocycles. The van der Waals surface area contributed by atoms with Crippen LogP contribution in [0.25, 0.3) is 0 Å². The monoisotopic (exact) mass is 211 g/mol. The van der Waals surface area contributed by atoms with E-state index in [1.165, 1.54) is 45.1 Å². The maximum Gasteiger partial charge on any atom is 0.0282 e. The molecule has 3 fully saturated rings. The molecule has 0 spiro atoms. The van der Waals surface area contributed by atoms with Crippen LogP contribution in [-0.2, 0) is 0 Å².